The lowest BCUT2D eigenvalue weighted by Gasteiger charge is -2.53. The highest BCUT2D eigenvalue weighted by atomic mass is 79.9. The molecule has 2 aromatic rings. The summed E-state index contributed by atoms with van der Waals surface area (Å²) >= 11 is 5.07. The quantitative estimate of drug-likeness (QED) is 0.233. The Kier molecular flexibility index (Phi) is 8.66. The van der Waals surface area contributed by atoms with Gasteiger partial charge in [-0.3, -0.25) is 9.59 Å². The second kappa shape index (κ2) is 11.5. The second-order valence-corrected chi connectivity index (χ2v) is 12.5. The first-order valence-corrected chi connectivity index (χ1v) is 14.2. The zero-order chi connectivity index (χ0) is 25.0. The number of carbonyl (C=O) groups excluding carboxylic acids is 2. The summed E-state index contributed by atoms with van der Waals surface area (Å²) in [6.45, 7) is 8.28. The summed E-state index contributed by atoms with van der Waals surface area (Å²) < 4.78 is 21.0. The van der Waals surface area contributed by atoms with Crippen LogP contribution in [-0.4, -0.2) is 55.2 Å². The molecule has 0 radical (unpaired) electrons. The smallest absolute Gasteiger partial charge is 0.305 e. The molecular weight excluding hydrogens is 531 g/mol. The molecule has 35 heavy (non-hydrogen) atoms. The molecule has 2 bridgehead atoms. The number of thiophene rings is 1. The van der Waals surface area contributed by atoms with Crippen molar-refractivity contribution in [1.82, 2.24) is 5.32 Å². The number of aryl methyl sites for hydroxylation is 1. The van der Waals surface area contributed by atoms with E-state index in [1.807, 2.05) is 19.1 Å². The third kappa shape index (κ3) is 6.33. The van der Waals surface area contributed by atoms with E-state index in [0.29, 0.717) is 24.5 Å². The van der Waals surface area contributed by atoms with Crippen LogP contribution in [0.3, 0.4) is 0 Å². The third-order valence-electron chi connectivity index (χ3n) is 7.65. The number of piperidine rings is 3. The molecule has 3 aliphatic heterocycles. The maximum Gasteiger partial charge on any atom is 0.305 e. The molecule has 1 aromatic carbocycles. The Morgan fingerprint density at radius 1 is 1.23 bits per heavy atom. The predicted molar refractivity (Wildman–Crippen MR) is 140 cm³/mol. The maximum atomic E-state index is 14.0. The first-order valence-electron chi connectivity index (χ1n) is 12.6. The number of hydrogen-bond donors (Lipinski definition) is 1. The number of unbranched alkanes of at least 4 members (excludes halogenated alkanes) is 1. The van der Waals surface area contributed by atoms with Crippen molar-refractivity contribution in [2.75, 3.05) is 32.8 Å². The van der Waals surface area contributed by atoms with Gasteiger partial charge in [-0.15, -0.1) is 11.3 Å². The van der Waals surface area contributed by atoms with E-state index < -0.39 is 5.92 Å². The van der Waals surface area contributed by atoms with Gasteiger partial charge in [0.15, 0.2) is 0 Å². The number of ether oxygens (including phenoxy) is 1. The number of quaternary nitrogens is 1. The van der Waals surface area contributed by atoms with Crippen LogP contribution in [0.25, 0.3) is 0 Å². The molecule has 3 fully saturated rings. The molecule has 0 saturated carbocycles. The van der Waals surface area contributed by atoms with Gasteiger partial charge in [0.25, 0.3) is 0 Å². The van der Waals surface area contributed by atoms with Crippen molar-refractivity contribution in [3.05, 3.63) is 55.9 Å². The molecular formula is C27H35BrFN2O3S+. The molecule has 3 saturated heterocycles. The molecule has 1 N–H and O–H groups in total. The monoisotopic (exact) mass is 565 g/mol. The molecule has 5 rings (SSSR count). The van der Waals surface area contributed by atoms with Gasteiger partial charge in [0.05, 0.1) is 48.5 Å². The summed E-state index contributed by atoms with van der Waals surface area (Å²) in [5.74, 6) is -0.336. The molecule has 4 heterocycles. The van der Waals surface area contributed by atoms with Crippen molar-refractivity contribution in [3.8, 4) is 0 Å². The maximum absolute atomic E-state index is 14.0. The van der Waals surface area contributed by atoms with Crippen molar-refractivity contribution < 1.29 is 23.2 Å². The molecule has 8 heteroatoms. The number of amides is 1. The van der Waals surface area contributed by atoms with Crippen LogP contribution in [0.15, 0.2) is 34.1 Å². The van der Waals surface area contributed by atoms with E-state index in [0.717, 1.165) is 70.6 Å². The Bertz CT molecular complexity index is 1050. The highest BCUT2D eigenvalue weighted by Gasteiger charge is 2.46. The molecule has 190 valence electrons. The lowest BCUT2D eigenvalue weighted by molar-refractivity contribution is -0.944. The van der Waals surface area contributed by atoms with Crippen LogP contribution in [-0.2, 0) is 14.3 Å². The molecule has 3 aliphatic rings. The molecule has 0 aliphatic carbocycles. The minimum atomic E-state index is -0.459. The first-order chi connectivity index (χ1) is 16.8. The normalized spacial score (nSPS) is 24.2. The Morgan fingerprint density at radius 3 is 2.66 bits per heavy atom. The number of nitrogens with one attached hydrogen (secondary N) is 1. The molecule has 2 atom stereocenters. The minimum absolute atomic E-state index is 0.00966. The van der Waals surface area contributed by atoms with Crippen LogP contribution < -0.4 is 5.32 Å². The average molecular weight is 567 g/mol. The summed E-state index contributed by atoms with van der Waals surface area (Å²) in [6.07, 6.45) is 4.55. The number of fused-ring (bicyclic) bond motifs is 3. The van der Waals surface area contributed by atoms with Gasteiger partial charge >= 0.3 is 5.97 Å². The predicted octanol–water partition coefficient (Wildman–Crippen LogP) is 5.55. The fourth-order valence-electron chi connectivity index (χ4n) is 5.76. The van der Waals surface area contributed by atoms with E-state index in [-0.39, 0.29) is 23.7 Å². The molecule has 5 nitrogen and oxygen atoms in total. The summed E-state index contributed by atoms with van der Waals surface area (Å²) in [5, 5.41) is 3.41. The highest BCUT2D eigenvalue weighted by molar-refractivity contribution is 9.11. The van der Waals surface area contributed by atoms with Gasteiger partial charge in [0, 0.05) is 24.1 Å². The van der Waals surface area contributed by atoms with Gasteiger partial charge in [-0.1, -0.05) is 12.1 Å². The van der Waals surface area contributed by atoms with E-state index >= 15 is 0 Å². The second-order valence-electron chi connectivity index (χ2n) is 9.99. The SMILES string of the molecule is CCOC(=O)CCCC[N+]12CCC(CC1)[C@@H](NC(=O)C(c1ccc(F)c(C)c1)c1ccc(Br)s1)C2. The fraction of sp³-hybridized carbons (Fsp3) is 0.556. The van der Waals surface area contributed by atoms with Gasteiger partial charge in [-0.25, -0.2) is 4.39 Å². The van der Waals surface area contributed by atoms with Crippen LogP contribution >= 0.6 is 27.3 Å². The number of esters is 1. The number of hydrogen-bond acceptors (Lipinski definition) is 4. The molecule has 1 unspecified atom stereocenters. The number of carbonyl (C=O) groups is 2. The number of nitrogens with zero attached hydrogens (tertiary/aromatic N) is 1. The van der Waals surface area contributed by atoms with Crippen LogP contribution in [0, 0.1) is 18.7 Å². The topological polar surface area (TPSA) is 55.4 Å². The van der Waals surface area contributed by atoms with E-state index in [1.165, 1.54) is 6.07 Å². The summed E-state index contributed by atoms with van der Waals surface area (Å²) in [7, 11) is 0. The van der Waals surface area contributed by atoms with E-state index in [1.54, 1.807) is 30.4 Å². The van der Waals surface area contributed by atoms with Crippen LogP contribution in [0.4, 0.5) is 4.39 Å². The van der Waals surface area contributed by atoms with Gasteiger partial charge in [-0.2, -0.15) is 0 Å². The van der Waals surface area contributed by atoms with Crippen LogP contribution in [0.5, 0.6) is 0 Å². The fourth-order valence-corrected chi connectivity index (χ4v) is 7.31. The van der Waals surface area contributed by atoms with Crippen molar-refractivity contribution >= 4 is 39.1 Å². The van der Waals surface area contributed by atoms with E-state index in [9.17, 15) is 14.0 Å². The lowest BCUT2D eigenvalue weighted by atomic mass is 9.81. The van der Waals surface area contributed by atoms with Crippen molar-refractivity contribution in [3.63, 3.8) is 0 Å². The summed E-state index contributed by atoms with van der Waals surface area (Å²) in [4.78, 5) is 26.3. The zero-order valence-corrected chi connectivity index (χ0v) is 22.9. The Balaban J connectivity index is 1.44. The van der Waals surface area contributed by atoms with Gasteiger partial charge in [0.2, 0.25) is 5.91 Å². The van der Waals surface area contributed by atoms with Crippen molar-refractivity contribution in [2.24, 2.45) is 5.92 Å². The minimum Gasteiger partial charge on any atom is -0.466 e. The summed E-state index contributed by atoms with van der Waals surface area (Å²) in [6, 6.07) is 9.06. The molecule has 1 aromatic heterocycles. The Hall–Kier alpha value is -1.77. The number of halogens is 2. The van der Waals surface area contributed by atoms with Gasteiger partial charge in [0.1, 0.15) is 5.82 Å². The standard InChI is InChI=1S/C27H34BrFN2O3S/c1-3-34-25(32)6-4-5-13-31-14-11-19(12-15-31)22(17-31)30-27(33)26(23-9-10-24(28)35-23)20-7-8-21(29)18(2)16-20/h7-10,16,19,22,26H,3-6,11-15,17H2,1-2H3/p+1/t19?,22-,26?,31?/m0/s1. The van der Waals surface area contributed by atoms with Crippen LogP contribution in [0.2, 0.25) is 0 Å². The van der Waals surface area contributed by atoms with Crippen molar-refractivity contribution in [2.45, 2.75) is 57.9 Å². The van der Waals surface area contributed by atoms with E-state index in [4.69, 9.17) is 4.74 Å². The van der Waals surface area contributed by atoms with Crippen LogP contribution in [0.1, 0.15) is 60.9 Å². The lowest BCUT2D eigenvalue weighted by Crippen LogP contribution is -2.67. The zero-order valence-electron chi connectivity index (χ0n) is 20.5. The van der Waals surface area contributed by atoms with Gasteiger partial charge in [-0.05, 0) is 77.9 Å². The molecule has 0 spiro atoms. The van der Waals surface area contributed by atoms with E-state index in [2.05, 4.69) is 21.2 Å². The first kappa shape index (κ1) is 26.3. The number of benzene rings is 1. The van der Waals surface area contributed by atoms with Crippen molar-refractivity contribution in [1.29, 1.82) is 0 Å². The third-order valence-corrected chi connectivity index (χ3v) is 9.34. The average Bonchev–Trinajstić information content (AvgIpc) is 3.26. The number of rotatable bonds is 10. The van der Waals surface area contributed by atoms with Gasteiger partial charge < -0.3 is 14.5 Å². The Labute approximate surface area is 219 Å². The highest BCUT2D eigenvalue weighted by Crippen LogP contribution is 2.37. The summed E-state index contributed by atoms with van der Waals surface area (Å²) in [5.41, 5.74) is 1.37. The largest absolute Gasteiger partial charge is 0.466 e. The molecule has 1 amide bonds. The Morgan fingerprint density at radius 2 is 2.00 bits per heavy atom.